The maximum Gasteiger partial charge on any atom is 0.229 e. The summed E-state index contributed by atoms with van der Waals surface area (Å²) >= 11 is 0. The van der Waals surface area contributed by atoms with Crippen LogP contribution in [0.1, 0.15) is 11.3 Å². The average Bonchev–Trinajstić information content (AvgIpc) is 2.38. The average molecular weight is 224 g/mol. The van der Waals surface area contributed by atoms with Crippen LogP contribution in [0.15, 0.2) is 36.5 Å². The van der Waals surface area contributed by atoms with Crippen LogP contribution in [0.25, 0.3) is 0 Å². The molecule has 1 aromatic heterocycles. The van der Waals surface area contributed by atoms with Crippen molar-refractivity contribution in [3.8, 4) is 6.07 Å². The lowest BCUT2D eigenvalue weighted by molar-refractivity contribution is 1.01. The molecule has 17 heavy (non-hydrogen) atoms. The number of nitriles is 1. The van der Waals surface area contributed by atoms with Gasteiger partial charge in [0.1, 0.15) is 0 Å². The monoisotopic (exact) mass is 224 g/mol. The molecule has 84 valence electrons. The lowest BCUT2D eigenvalue weighted by Gasteiger charge is -2.17. The van der Waals surface area contributed by atoms with Gasteiger partial charge in [-0.2, -0.15) is 5.26 Å². The molecule has 0 spiro atoms. The van der Waals surface area contributed by atoms with Gasteiger partial charge in [0.15, 0.2) is 0 Å². The van der Waals surface area contributed by atoms with Crippen LogP contribution in [0.2, 0.25) is 0 Å². The van der Waals surface area contributed by atoms with Crippen LogP contribution in [0.5, 0.6) is 0 Å². The van der Waals surface area contributed by atoms with Gasteiger partial charge in [0.05, 0.1) is 11.6 Å². The number of hydrogen-bond acceptors (Lipinski definition) is 4. The largest absolute Gasteiger partial charge is 0.314 e. The summed E-state index contributed by atoms with van der Waals surface area (Å²) in [5.41, 5.74) is 2.44. The maximum atomic E-state index is 8.86. The minimum atomic E-state index is 0.625. The molecule has 0 unspecified atom stereocenters. The van der Waals surface area contributed by atoms with Crippen molar-refractivity contribution < 1.29 is 0 Å². The van der Waals surface area contributed by atoms with Crippen LogP contribution < -0.4 is 4.90 Å². The van der Waals surface area contributed by atoms with E-state index < -0.39 is 0 Å². The van der Waals surface area contributed by atoms with Gasteiger partial charge in [0.2, 0.25) is 5.95 Å². The summed E-state index contributed by atoms with van der Waals surface area (Å²) < 4.78 is 0. The van der Waals surface area contributed by atoms with Crippen molar-refractivity contribution in [2.45, 2.75) is 6.92 Å². The predicted molar refractivity (Wildman–Crippen MR) is 66.0 cm³/mol. The smallest absolute Gasteiger partial charge is 0.229 e. The summed E-state index contributed by atoms with van der Waals surface area (Å²) in [6.07, 6.45) is 1.72. The molecule has 0 saturated carbocycles. The molecule has 0 fully saturated rings. The van der Waals surface area contributed by atoms with Crippen LogP contribution in [0.3, 0.4) is 0 Å². The minimum absolute atomic E-state index is 0.625. The molecule has 0 N–H and O–H groups in total. The van der Waals surface area contributed by atoms with Gasteiger partial charge >= 0.3 is 0 Å². The zero-order valence-electron chi connectivity index (χ0n) is 9.75. The van der Waals surface area contributed by atoms with E-state index in [1.165, 1.54) is 0 Å². The van der Waals surface area contributed by atoms with Gasteiger partial charge in [-0.3, -0.25) is 0 Å². The Balaban J connectivity index is 2.37. The van der Waals surface area contributed by atoms with Crippen LogP contribution in [0.4, 0.5) is 11.6 Å². The summed E-state index contributed by atoms with van der Waals surface area (Å²) in [4.78, 5) is 10.4. The van der Waals surface area contributed by atoms with Crippen LogP contribution in [-0.2, 0) is 0 Å². The van der Waals surface area contributed by atoms with E-state index in [0.29, 0.717) is 11.5 Å². The van der Waals surface area contributed by atoms with Gasteiger partial charge in [0, 0.05) is 24.6 Å². The fraction of sp³-hybridized carbons (Fsp3) is 0.154. The Morgan fingerprint density at radius 3 is 2.82 bits per heavy atom. The number of benzene rings is 1. The Kier molecular flexibility index (Phi) is 3.01. The molecule has 4 heteroatoms. The van der Waals surface area contributed by atoms with E-state index in [9.17, 15) is 0 Å². The highest BCUT2D eigenvalue weighted by Crippen LogP contribution is 2.20. The maximum absolute atomic E-state index is 8.86. The van der Waals surface area contributed by atoms with Crippen molar-refractivity contribution in [1.82, 2.24) is 9.97 Å². The van der Waals surface area contributed by atoms with Crippen molar-refractivity contribution in [3.63, 3.8) is 0 Å². The van der Waals surface area contributed by atoms with E-state index in [2.05, 4.69) is 16.0 Å². The summed E-state index contributed by atoms with van der Waals surface area (Å²) in [5.74, 6) is 0.625. The Morgan fingerprint density at radius 2 is 2.12 bits per heavy atom. The Labute approximate surface area is 100 Å². The molecule has 1 heterocycles. The molecule has 2 aromatic rings. The van der Waals surface area contributed by atoms with Gasteiger partial charge in [0.25, 0.3) is 0 Å². The highest BCUT2D eigenvalue weighted by Gasteiger charge is 2.07. The summed E-state index contributed by atoms with van der Waals surface area (Å²) in [5, 5.41) is 8.86. The second-order valence-electron chi connectivity index (χ2n) is 3.72. The number of hydrogen-bond donors (Lipinski definition) is 0. The van der Waals surface area contributed by atoms with Gasteiger partial charge in [-0.15, -0.1) is 0 Å². The van der Waals surface area contributed by atoms with E-state index in [1.807, 2.05) is 43.1 Å². The van der Waals surface area contributed by atoms with Crippen LogP contribution >= 0.6 is 0 Å². The molecular formula is C13H12N4. The minimum Gasteiger partial charge on any atom is -0.314 e. The van der Waals surface area contributed by atoms with Crippen molar-refractivity contribution in [2.24, 2.45) is 0 Å². The van der Waals surface area contributed by atoms with Gasteiger partial charge in [-0.05, 0) is 31.2 Å². The Bertz CT molecular complexity index is 572. The third-order valence-electron chi connectivity index (χ3n) is 2.44. The Morgan fingerprint density at radius 1 is 1.29 bits per heavy atom. The molecule has 0 atom stereocenters. The van der Waals surface area contributed by atoms with Crippen molar-refractivity contribution in [1.29, 1.82) is 5.26 Å². The lowest BCUT2D eigenvalue weighted by atomic mass is 10.2. The predicted octanol–water partition coefficient (Wildman–Crippen LogP) is 2.42. The van der Waals surface area contributed by atoms with E-state index in [-0.39, 0.29) is 0 Å². The molecule has 0 radical (unpaired) electrons. The fourth-order valence-corrected chi connectivity index (χ4v) is 1.50. The van der Waals surface area contributed by atoms with Crippen LogP contribution in [0, 0.1) is 18.3 Å². The standard InChI is InChI=1S/C13H12N4/c1-10-6-7-15-13(16-10)17(2)12-5-3-4-11(8-12)9-14/h3-8H,1-2H3. The number of aryl methyl sites for hydroxylation is 1. The molecule has 0 aliphatic carbocycles. The molecule has 0 saturated heterocycles. The SMILES string of the molecule is Cc1ccnc(N(C)c2cccc(C#N)c2)n1. The van der Waals surface area contributed by atoms with Gasteiger partial charge in [-0.25, -0.2) is 9.97 Å². The van der Waals surface area contributed by atoms with E-state index >= 15 is 0 Å². The quantitative estimate of drug-likeness (QED) is 0.786. The molecule has 0 bridgehead atoms. The first-order chi connectivity index (χ1) is 8.20. The summed E-state index contributed by atoms with van der Waals surface area (Å²) in [7, 11) is 1.88. The first-order valence-corrected chi connectivity index (χ1v) is 5.24. The zero-order chi connectivity index (χ0) is 12.3. The lowest BCUT2D eigenvalue weighted by Crippen LogP contribution is -2.13. The number of anilines is 2. The first kappa shape index (κ1) is 11.1. The second-order valence-corrected chi connectivity index (χ2v) is 3.72. The molecular weight excluding hydrogens is 212 g/mol. The molecule has 0 amide bonds. The van der Waals surface area contributed by atoms with Crippen molar-refractivity contribution in [2.75, 3.05) is 11.9 Å². The van der Waals surface area contributed by atoms with E-state index in [4.69, 9.17) is 5.26 Å². The third kappa shape index (κ3) is 2.40. The molecule has 1 aromatic carbocycles. The highest BCUT2D eigenvalue weighted by atomic mass is 15.2. The molecule has 0 aliphatic heterocycles. The van der Waals surface area contributed by atoms with Crippen molar-refractivity contribution >= 4 is 11.6 Å². The molecule has 2 rings (SSSR count). The molecule has 4 nitrogen and oxygen atoms in total. The summed E-state index contributed by atoms with van der Waals surface area (Å²) in [6.45, 7) is 1.92. The van der Waals surface area contributed by atoms with Crippen molar-refractivity contribution in [3.05, 3.63) is 47.8 Å². The first-order valence-electron chi connectivity index (χ1n) is 5.24. The van der Waals surface area contributed by atoms with E-state index in [0.717, 1.165) is 11.4 Å². The number of rotatable bonds is 2. The van der Waals surface area contributed by atoms with E-state index in [1.54, 1.807) is 12.3 Å². The van der Waals surface area contributed by atoms with Gasteiger partial charge < -0.3 is 4.90 Å². The third-order valence-corrected chi connectivity index (χ3v) is 2.44. The van der Waals surface area contributed by atoms with Crippen LogP contribution in [-0.4, -0.2) is 17.0 Å². The van der Waals surface area contributed by atoms with Gasteiger partial charge in [-0.1, -0.05) is 6.07 Å². The summed E-state index contributed by atoms with van der Waals surface area (Å²) in [6, 6.07) is 11.3. The molecule has 0 aliphatic rings. The number of aromatic nitrogens is 2. The number of nitrogens with zero attached hydrogens (tertiary/aromatic N) is 4. The normalized spacial score (nSPS) is 9.71. The zero-order valence-corrected chi connectivity index (χ0v) is 9.75. The second kappa shape index (κ2) is 4.62. The highest BCUT2D eigenvalue weighted by molar-refractivity contribution is 5.58. The topological polar surface area (TPSA) is 52.8 Å². The Hall–Kier alpha value is -2.41. The fourth-order valence-electron chi connectivity index (χ4n) is 1.50.